The number of benzene rings is 1. The van der Waals surface area contributed by atoms with Gasteiger partial charge in [-0.05, 0) is 69.1 Å². The Morgan fingerprint density at radius 3 is 2.58 bits per heavy atom. The van der Waals surface area contributed by atoms with Crippen LogP contribution in [0.4, 0.5) is 0 Å². The molecule has 4 rings (SSSR count). The lowest BCUT2D eigenvalue weighted by atomic mass is 10.1. The van der Waals surface area contributed by atoms with Gasteiger partial charge in [0.2, 0.25) is 10.0 Å². The second kappa shape index (κ2) is 10.7. The van der Waals surface area contributed by atoms with E-state index >= 15 is 0 Å². The van der Waals surface area contributed by atoms with Gasteiger partial charge >= 0.3 is 0 Å². The molecule has 1 amide bonds. The summed E-state index contributed by atoms with van der Waals surface area (Å²) in [5.41, 5.74) is 0.277. The Bertz CT molecular complexity index is 1030. The van der Waals surface area contributed by atoms with Crippen molar-refractivity contribution in [2.75, 3.05) is 26.7 Å². The van der Waals surface area contributed by atoms with E-state index in [9.17, 15) is 13.2 Å². The first-order valence-corrected chi connectivity index (χ1v) is 13.2. The molecule has 1 aliphatic carbocycles. The Morgan fingerprint density at radius 1 is 1.15 bits per heavy atom. The molecular formula is C24H33N3O5S. The third-order valence-corrected chi connectivity index (χ3v) is 8.09. The zero-order valence-electron chi connectivity index (χ0n) is 19.1. The van der Waals surface area contributed by atoms with Gasteiger partial charge in [0.25, 0.3) is 5.91 Å². The molecular weight excluding hydrogens is 442 g/mol. The minimum Gasteiger partial charge on any atom is -0.495 e. The van der Waals surface area contributed by atoms with Crippen molar-refractivity contribution in [3.8, 4) is 5.75 Å². The third kappa shape index (κ3) is 5.77. The molecule has 2 fully saturated rings. The predicted molar refractivity (Wildman–Crippen MR) is 125 cm³/mol. The van der Waals surface area contributed by atoms with Gasteiger partial charge in [-0.25, -0.2) is 13.1 Å². The number of methoxy groups -OCH3 is 1. The Kier molecular flexibility index (Phi) is 7.72. The molecule has 2 aromatic rings. The molecule has 1 aromatic carbocycles. The van der Waals surface area contributed by atoms with Gasteiger partial charge in [0.1, 0.15) is 16.4 Å². The summed E-state index contributed by atoms with van der Waals surface area (Å²) in [4.78, 5) is 15.3. The lowest BCUT2D eigenvalue weighted by Gasteiger charge is -2.33. The number of hydrogen-bond donors (Lipinski definition) is 2. The van der Waals surface area contributed by atoms with E-state index in [2.05, 4.69) is 14.9 Å². The van der Waals surface area contributed by atoms with Crippen molar-refractivity contribution in [2.24, 2.45) is 0 Å². The molecule has 0 spiro atoms. The molecule has 1 saturated heterocycles. The molecule has 2 heterocycles. The summed E-state index contributed by atoms with van der Waals surface area (Å²) >= 11 is 0. The summed E-state index contributed by atoms with van der Waals surface area (Å²) in [6, 6.07) is 8.17. The molecule has 9 heteroatoms. The maximum Gasteiger partial charge on any atom is 0.251 e. The number of likely N-dealkylation sites (tertiary alicyclic amines) is 1. The topological polar surface area (TPSA) is 101 Å². The van der Waals surface area contributed by atoms with Gasteiger partial charge in [-0.2, -0.15) is 0 Å². The van der Waals surface area contributed by atoms with Crippen LogP contribution in [0.5, 0.6) is 5.75 Å². The lowest BCUT2D eigenvalue weighted by molar-refractivity contribution is 0.0914. The number of carbonyl (C=O) groups excluding carboxylic acids is 1. The van der Waals surface area contributed by atoms with Gasteiger partial charge in [0, 0.05) is 18.2 Å². The molecule has 1 atom stereocenters. The maximum atomic E-state index is 13.0. The number of amides is 1. The normalized spacial score (nSPS) is 18.8. The largest absolute Gasteiger partial charge is 0.495 e. The zero-order valence-corrected chi connectivity index (χ0v) is 19.9. The number of nitrogens with one attached hydrogen (secondary N) is 2. The van der Waals surface area contributed by atoms with Crippen LogP contribution in [-0.2, 0) is 10.0 Å². The van der Waals surface area contributed by atoms with Gasteiger partial charge in [-0.3, -0.25) is 9.69 Å². The van der Waals surface area contributed by atoms with Crippen LogP contribution in [0.15, 0.2) is 45.9 Å². The molecule has 2 aliphatic rings. The molecule has 0 radical (unpaired) electrons. The molecule has 33 heavy (non-hydrogen) atoms. The number of hydrogen-bond acceptors (Lipinski definition) is 6. The molecule has 1 saturated carbocycles. The van der Waals surface area contributed by atoms with E-state index in [4.69, 9.17) is 9.15 Å². The van der Waals surface area contributed by atoms with Crippen LogP contribution in [0.1, 0.15) is 67.1 Å². The fourth-order valence-electron chi connectivity index (χ4n) is 4.77. The maximum absolute atomic E-state index is 13.0. The van der Waals surface area contributed by atoms with E-state index in [1.807, 2.05) is 12.1 Å². The molecule has 2 N–H and O–H groups in total. The Labute approximate surface area is 195 Å². The highest BCUT2D eigenvalue weighted by atomic mass is 32.2. The van der Waals surface area contributed by atoms with E-state index in [1.165, 1.54) is 25.7 Å². The van der Waals surface area contributed by atoms with Crippen molar-refractivity contribution in [3.05, 3.63) is 47.9 Å². The molecule has 1 aliphatic heterocycles. The SMILES string of the molecule is COc1ccc(C(=O)NC[C@H](c2ccco2)N2CCCCC2)cc1S(=O)(=O)NC1CCCC1. The molecule has 0 bridgehead atoms. The van der Waals surface area contributed by atoms with Crippen LogP contribution in [0.2, 0.25) is 0 Å². The van der Waals surface area contributed by atoms with Crippen LogP contribution >= 0.6 is 0 Å². The van der Waals surface area contributed by atoms with E-state index in [0.29, 0.717) is 6.54 Å². The van der Waals surface area contributed by atoms with Gasteiger partial charge in [-0.1, -0.05) is 19.3 Å². The third-order valence-electron chi connectivity index (χ3n) is 6.55. The van der Waals surface area contributed by atoms with E-state index in [0.717, 1.165) is 57.4 Å². The van der Waals surface area contributed by atoms with Crippen molar-refractivity contribution in [3.63, 3.8) is 0 Å². The highest BCUT2D eigenvalue weighted by Crippen LogP contribution is 2.28. The van der Waals surface area contributed by atoms with Crippen molar-refractivity contribution >= 4 is 15.9 Å². The summed E-state index contributed by atoms with van der Waals surface area (Å²) in [6.45, 7) is 2.29. The summed E-state index contributed by atoms with van der Waals surface area (Å²) in [7, 11) is -2.38. The van der Waals surface area contributed by atoms with Gasteiger partial charge in [-0.15, -0.1) is 0 Å². The van der Waals surface area contributed by atoms with Gasteiger partial charge in [0.15, 0.2) is 0 Å². The fraction of sp³-hybridized carbons (Fsp3) is 0.542. The number of rotatable bonds is 9. The second-order valence-electron chi connectivity index (χ2n) is 8.81. The molecule has 0 unspecified atom stereocenters. The van der Waals surface area contributed by atoms with Crippen LogP contribution in [0.3, 0.4) is 0 Å². The summed E-state index contributed by atoms with van der Waals surface area (Å²) in [6.07, 6.45) is 8.79. The number of carbonyl (C=O) groups is 1. The molecule has 8 nitrogen and oxygen atoms in total. The minimum absolute atomic E-state index is 0.0110. The minimum atomic E-state index is -3.80. The summed E-state index contributed by atoms with van der Waals surface area (Å²) < 4.78 is 39.8. The first-order chi connectivity index (χ1) is 16.0. The van der Waals surface area contributed by atoms with Crippen LogP contribution < -0.4 is 14.8 Å². The smallest absolute Gasteiger partial charge is 0.251 e. The van der Waals surface area contributed by atoms with Gasteiger partial charge < -0.3 is 14.5 Å². The molecule has 180 valence electrons. The van der Waals surface area contributed by atoms with Gasteiger partial charge in [0.05, 0.1) is 19.4 Å². The van der Waals surface area contributed by atoms with Crippen molar-refractivity contribution in [1.82, 2.24) is 14.9 Å². The number of furan rings is 1. The summed E-state index contributed by atoms with van der Waals surface area (Å²) in [5, 5.41) is 2.98. The molecule has 1 aromatic heterocycles. The second-order valence-corrected chi connectivity index (χ2v) is 10.5. The Morgan fingerprint density at radius 2 is 1.91 bits per heavy atom. The van der Waals surface area contributed by atoms with Crippen molar-refractivity contribution in [1.29, 1.82) is 0 Å². The van der Waals surface area contributed by atoms with Crippen LogP contribution in [0, 0.1) is 0 Å². The highest BCUT2D eigenvalue weighted by molar-refractivity contribution is 7.89. The van der Waals surface area contributed by atoms with E-state index < -0.39 is 10.0 Å². The van der Waals surface area contributed by atoms with Crippen LogP contribution in [-0.4, -0.2) is 52.0 Å². The fourth-order valence-corrected chi connectivity index (χ4v) is 6.27. The first-order valence-electron chi connectivity index (χ1n) is 11.7. The predicted octanol–water partition coefficient (Wildman–Crippen LogP) is 3.47. The van der Waals surface area contributed by atoms with Crippen LogP contribution in [0.25, 0.3) is 0 Å². The monoisotopic (exact) mass is 475 g/mol. The van der Waals surface area contributed by atoms with Crippen molar-refractivity contribution < 1.29 is 22.4 Å². The Hall–Kier alpha value is -2.36. The quantitative estimate of drug-likeness (QED) is 0.576. The lowest BCUT2D eigenvalue weighted by Crippen LogP contribution is -2.40. The van der Waals surface area contributed by atoms with Crippen molar-refractivity contribution in [2.45, 2.75) is 61.9 Å². The highest BCUT2D eigenvalue weighted by Gasteiger charge is 2.28. The van der Waals surface area contributed by atoms with E-state index in [-0.39, 0.29) is 34.2 Å². The average molecular weight is 476 g/mol. The Balaban J connectivity index is 1.49. The number of piperidine rings is 1. The number of nitrogens with zero attached hydrogens (tertiary/aromatic N) is 1. The zero-order chi connectivity index (χ0) is 23.3. The number of sulfonamides is 1. The first kappa shape index (κ1) is 23.8. The number of ether oxygens (including phenoxy) is 1. The average Bonchev–Trinajstić information content (AvgIpc) is 3.54. The standard InChI is InChI=1S/C24H33N3O5S/c1-31-22-12-11-18(16-23(22)33(29,30)26-19-8-3-4-9-19)24(28)25-17-20(21-10-7-15-32-21)27-13-5-2-6-14-27/h7,10-12,15-16,19-20,26H,2-6,8-9,13-14,17H2,1H3,(H,25,28)/t20-/m1/s1. The summed E-state index contributed by atoms with van der Waals surface area (Å²) in [5.74, 6) is 0.707. The van der Waals surface area contributed by atoms with E-state index in [1.54, 1.807) is 12.3 Å².